The van der Waals surface area contributed by atoms with Crippen LogP contribution in [-0.2, 0) is 0 Å². The molecule has 0 aliphatic heterocycles. The van der Waals surface area contributed by atoms with E-state index in [1.165, 1.54) is 11.3 Å². The Hall–Kier alpha value is -2.81. The molecule has 35 heavy (non-hydrogen) atoms. The molecule has 0 bridgehead atoms. The number of ether oxygens (including phenoxy) is 1. The average molecular weight is 515 g/mol. The summed E-state index contributed by atoms with van der Waals surface area (Å²) in [7, 11) is 0. The number of nitrogens with one attached hydrogen (secondary N) is 2. The lowest BCUT2D eigenvalue weighted by atomic mass is 10.1. The van der Waals surface area contributed by atoms with E-state index in [9.17, 15) is 28.5 Å². The number of aliphatic hydroxyl groups excluding tert-OH is 3. The van der Waals surface area contributed by atoms with E-state index < -0.39 is 36.9 Å². The smallest absolute Gasteiger partial charge is 0.405 e. The van der Waals surface area contributed by atoms with Crippen molar-refractivity contribution >= 4 is 33.3 Å². The van der Waals surface area contributed by atoms with Crippen LogP contribution in [-0.4, -0.2) is 79.4 Å². The molecule has 1 fully saturated rings. The fraction of sp³-hybridized carbons (Fsp3) is 0.524. The second kappa shape index (κ2) is 10.0. The van der Waals surface area contributed by atoms with E-state index in [0.717, 1.165) is 4.70 Å². The third-order valence-corrected chi connectivity index (χ3v) is 6.70. The standard InChI is InChI=1S/C21H25F3N6O4S/c1-3-34-18-14-12(4-5-25-18)35-19(29-14)13-9(2)27-20(26-8-21(22,23)24)30-17(13)28-11-6-10(7-31)15(32)16(11)33/h4-5,10-11,15-16,31-33H,3,6-8H2,1-2H3,(H2,26,27,28,30)/t10-,11-,15-,16+/m1/s1. The number of anilines is 2. The van der Waals surface area contributed by atoms with Gasteiger partial charge >= 0.3 is 6.18 Å². The Labute approximate surface area is 202 Å². The maximum Gasteiger partial charge on any atom is 0.405 e. The number of pyridine rings is 1. The minimum absolute atomic E-state index is 0.141. The minimum Gasteiger partial charge on any atom is -0.476 e. The number of aromatic nitrogens is 4. The van der Waals surface area contributed by atoms with Gasteiger partial charge < -0.3 is 30.7 Å². The molecule has 5 N–H and O–H groups in total. The summed E-state index contributed by atoms with van der Waals surface area (Å²) in [4.78, 5) is 17.3. The molecule has 1 aliphatic rings. The first-order valence-electron chi connectivity index (χ1n) is 10.9. The van der Waals surface area contributed by atoms with Crippen molar-refractivity contribution in [3.63, 3.8) is 0 Å². The van der Waals surface area contributed by atoms with Gasteiger partial charge in [0.15, 0.2) is 0 Å². The maximum atomic E-state index is 12.8. The predicted molar refractivity (Wildman–Crippen MR) is 124 cm³/mol. The van der Waals surface area contributed by atoms with Gasteiger partial charge in [0.25, 0.3) is 0 Å². The van der Waals surface area contributed by atoms with Crippen molar-refractivity contribution in [1.29, 1.82) is 0 Å². The van der Waals surface area contributed by atoms with E-state index in [4.69, 9.17) is 4.74 Å². The van der Waals surface area contributed by atoms with Crippen molar-refractivity contribution in [2.75, 3.05) is 30.4 Å². The van der Waals surface area contributed by atoms with Gasteiger partial charge in [0, 0.05) is 18.7 Å². The summed E-state index contributed by atoms with van der Waals surface area (Å²) in [6, 6.07) is 1.06. The quantitative estimate of drug-likeness (QED) is 0.304. The summed E-state index contributed by atoms with van der Waals surface area (Å²) in [6.07, 6.45) is -5.03. The van der Waals surface area contributed by atoms with Gasteiger partial charge in [-0.3, -0.25) is 0 Å². The number of alkyl halides is 3. The average Bonchev–Trinajstić information content (AvgIpc) is 3.34. The molecule has 10 nitrogen and oxygen atoms in total. The summed E-state index contributed by atoms with van der Waals surface area (Å²) in [5.41, 5.74) is 1.31. The van der Waals surface area contributed by atoms with Gasteiger partial charge in [0.05, 0.1) is 34.7 Å². The molecule has 3 aromatic heterocycles. The third kappa shape index (κ3) is 5.39. The highest BCUT2D eigenvalue weighted by Crippen LogP contribution is 2.39. The van der Waals surface area contributed by atoms with Gasteiger partial charge in [0.2, 0.25) is 11.8 Å². The van der Waals surface area contributed by atoms with Crippen LogP contribution >= 0.6 is 11.3 Å². The van der Waals surface area contributed by atoms with Crippen LogP contribution in [0.1, 0.15) is 19.0 Å². The molecule has 0 amide bonds. The molecule has 190 valence electrons. The first kappa shape index (κ1) is 25.3. The fourth-order valence-corrected chi connectivity index (χ4v) is 5.05. The number of fused-ring (bicyclic) bond motifs is 1. The number of aryl methyl sites for hydroxylation is 1. The zero-order valence-corrected chi connectivity index (χ0v) is 19.7. The highest BCUT2D eigenvalue weighted by atomic mass is 32.1. The minimum atomic E-state index is -4.47. The molecule has 0 spiro atoms. The van der Waals surface area contributed by atoms with Crippen molar-refractivity contribution in [3.05, 3.63) is 18.0 Å². The summed E-state index contributed by atoms with van der Waals surface area (Å²) >= 11 is 1.30. The molecule has 1 saturated carbocycles. The lowest BCUT2D eigenvalue weighted by molar-refractivity contribution is -0.115. The Balaban J connectivity index is 1.77. The van der Waals surface area contributed by atoms with Gasteiger partial charge in [-0.1, -0.05) is 0 Å². The van der Waals surface area contributed by atoms with Crippen LogP contribution in [0.3, 0.4) is 0 Å². The Morgan fingerprint density at radius 3 is 2.63 bits per heavy atom. The number of hydrogen-bond donors (Lipinski definition) is 5. The van der Waals surface area contributed by atoms with E-state index in [0.29, 0.717) is 34.3 Å². The van der Waals surface area contributed by atoms with Gasteiger partial charge in [-0.2, -0.15) is 18.2 Å². The van der Waals surface area contributed by atoms with Crippen molar-refractivity contribution < 1.29 is 33.2 Å². The molecule has 14 heteroatoms. The Morgan fingerprint density at radius 2 is 1.97 bits per heavy atom. The number of thiazole rings is 1. The van der Waals surface area contributed by atoms with Crippen LogP contribution in [0.4, 0.5) is 24.9 Å². The Morgan fingerprint density at radius 1 is 1.20 bits per heavy atom. The second-order valence-corrected chi connectivity index (χ2v) is 9.18. The second-order valence-electron chi connectivity index (χ2n) is 8.15. The SMILES string of the molecule is CCOc1nccc2sc(-c3c(C)nc(NCC(F)(F)F)nc3N[C@@H]3C[C@H](CO)[C@@H](O)[C@H]3O)nc12. The zero-order chi connectivity index (χ0) is 25.3. The first-order chi connectivity index (χ1) is 16.6. The summed E-state index contributed by atoms with van der Waals surface area (Å²) in [5.74, 6) is -0.319. The van der Waals surface area contributed by atoms with E-state index in [2.05, 4.69) is 30.6 Å². The van der Waals surface area contributed by atoms with E-state index in [-0.39, 0.29) is 24.8 Å². The first-order valence-corrected chi connectivity index (χ1v) is 11.7. The van der Waals surface area contributed by atoms with Crippen molar-refractivity contribution in [1.82, 2.24) is 19.9 Å². The number of nitrogens with zero attached hydrogens (tertiary/aromatic N) is 4. The molecule has 3 aromatic rings. The van der Waals surface area contributed by atoms with Crippen LogP contribution in [0, 0.1) is 12.8 Å². The van der Waals surface area contributed by atoms with Gasteiger partial charge in [-0.05, 0) is 26.3 Å². The molecule has 4 rings (SSSR count). The van der Waals surface area contributed by atoms with E-state index in [1.807, 2.05) is 6.92 Å². The summed E-state index contributed by atoms with van der Waals surface area (Å²) < 4.78 is 44.6. The van der Waals surface area contributed by atoms with E-state index >= 15 is 0 Å². The topological polar surface area (TPSA) is 146 Å². The maximum absolute atomic E-state index is 12.8. The van der Waals surface area contributed by atoms with Gasteiger partial charge in [-0.15, -0.1) is 11.3 Å². The molecule has 0 radical (unpaired) electrons. The van der Waals surface area contributed by atoms with Gasteiger partial charge in [0.1, 0.15) is 29.0 Å². The molecule has 0 saturated heterocycles. The third-order valence-electron chi connectivity index (χ3n) is 5.66. The zero-order valence-electron chi connectivity index (χ0n) is 18.9. The van der Waals surface area contributed by atoms with E-state index in [1.54, 1.807) is 19.2 Å². The Bertz CT molecular complexity index is 1190. The largest absolute Gasteiger partial charge is 0.476 e. The predicted octanol–water partition coefficient (Wildman–Crippen LogP) is 2.34. The molecule has 1 aliphatic carbocycles. The van der Waals surface area contributed by atoms with Crippen LogP contribution in [0.25, 0.3) is 20.8 Å². The number of halogens is 3. The number of aliphatic hydroxyl groups is 3. The fourth-order valence-electron chi connectivity index (χ4n) is 4.00. The number of hydrogen-bond acceptors (Lipinski definition) is 11. The van der Waals surface area contributed by atoms with Crippen LogP contribution in [0.5, 0.6) is 5.88 Å². The molecule has 3 heterocycles. The molecule has 0 aromatic carbocycles. The van der Waals surface area contributed by atoms with Crippen molar-refractivity contribution in [2.45, 2.75) is 44.7 Å². The molecule has 4 atom stereocenters. The van der Waals surface area contributed by atoms with Gasteiger partial charge in [-0.25, -0.2) is 15.0 Å². The van der Waals surface area contributed by atoms with Crippen LogP contribution < -0.4 is 15.4 Å². The lowest BCUT2D eigenvalue weighted by Crippen LogP contribution is -2.36. The van der Waals surface area contributed by atoms with Crippen LogP contribution in [0.2, 0.25) is 0 Å². The Kier molecular flexibility index (Phi) is 7.26. The normalized spacial score (nSPS) is 22.5. The summed E-state index contributed by atoms with van der Waals surface area (Å²) in [6.45, 7) is 2.18. The summed E-state index contributed by atoms with van der Waals surface area (Å²) in [5, 5.41) is 35.9. The monoisotopic (exact) mass is 514 g/mol. The highest BCUT2D eigenvalue weighted by molar-refractivity contribution is 7.21. The lowest BCUT2D eigenvalue weighted by Gasteiger charge is -2.21. The van der Waals surface area contributed by atoms with Crippen molar-refractivity contribution in [3.8, 4) is 16.5 Å². The molecular weight excluding hydrogens is 489 g/mol. The van der Waals surface area contributed by atoms with Crippen molar-refractivity contribution in [2.24, 2.45) is 5.92 Å². The highest BCUT2D eigenvalue weighted by Gasteiger charge is 2.41. The molecule has 0 unspecified atom stereocenters. The number of rotatable bonds is 8. The molecular formula is C21H25F3N6O4S. The van der Waals surface area contributed by atoms with Crippen LogP contribution in [0.15, 0.2) is 12.3 Å².